The van der Waals surface area contributed by atoms with Crippen LogP contribution in [-0.2, 0) is 11.3 Å². The van der Waals surface area contributed by atoms with Gasteiger partial charge in [0, 0.05) is 24.5 Å². The predicted molar refractivity (Wildman–Crippen MR) is 99.7 cm³/mol. The minimum absolute atomic E-state index is 0.0574. The fourth-order valence-electron chi connectivity index (χ4n) is 3.17. The van der Waals surface area contributed by atoms with Crippen LogP contribution in [-0.4, -0.2) is 29.0 Å². The molecule has 1 atom stereocenters. The quantitative estimate of drug-likeness (QED) is 0.447. The number of ether oxygens (including phenoxy) is 1. The minimum atomic E-state index is -0.586. The van der Waals surface area contributed by atoms with E-state index >= 15 is 0 Å². The Kier molecular flexibility index (Phi) is 5.51. The monoisotopic (exact) mass is 375 g/mol. The van der Waals surface area contributed by atoms with Gasteiger partial charge in [-0.1, -0.05) is 6.92 Å². The summed E-state index contributed by atoms with van der Waals surface area (Å²) in [6.07, 6.45) is 2.14. The number of nitrogens with zero attached hydrogens (tertiary/aromatic N) is 3. The number of piperidine rings is 1. The van der Waals surface area contributed by atoms with E-state index in [0.29, 0.717) is 17.3 Å². The van der Waals surface area contributed by atoms with Crippen molar-refractivity contribution in [2.75, 3.05) is 18.0 Å². The zero-order chi connectivity index (χ0) is 18.7. The number of anilines is 1. The first kappa shape index (κ1) is 18.3. The lowest BCUT2D eigenvalue weighted by atomic mass is 9.99. The Hall–Kier alpha value is -2.48. The number of nitro benzene ring substituents is 1. The van der Waals surface area contributed by atoms with Gasteiger partial charge in [0.1, 0.15) is 12.3 Å². The number of rotatable bonds is 5. The van der Waals surface area contributed by atoms with Crippen LogP contribution in [0.5, 0.6) is 0 Å². The number of carbonyl (C=O) groups excluding carboxylic acids is 1. The summed E-state index contributed by atoms with van der Waals surface area (Å²) >= 11 is 1.48. The molecule has 26 heavy (non-hydrogen) atoms. The summed E-state index contributed by atoms with van der Waals surface area (Å²) in [5, 5.41) is 14.2. The van der Waals surface area contributed by atoms with E-state index in [-0.39, 0.29) is 17.9 Å². The molecule has 7 nitrogen and oxygen atoms in total. The molecule has 8 heteroatoms. The van der Waals surface area contributed by atoms with Gasteiger partial charge < -0.3 is 9.64 Å². The fraction of sp³-hybridized carbons (Fsp3) is 0.444. The van der Waals surface area contributed by atoms with Crippen molar-refractivity contribution in [2.45, 2.75) is 33.3 Å². The molecule has 0 N–H and O–H groups in total. The van der Waals surface area contributed by atoms with Crippen molar-refractivity contribution >= 4 is 28.7 Å². The van der Waals surface area contributed by atoms with E-state index in [9.17, 15) is 14.9 Å². The standard InChI is InChI=1S/C18H21N3O4S/c1-12-4-3-7-20(9-12)16-6-5-14(8-17(16)21(23)24)18(22)25-10-15-11-26-13(2)19-15/h5-6,8,11-12H,3-4,7,9-10H2,1-2H3/t12-/m1/s1. The molecule has 1 fully saturated rings. The lowest BCUT2D eigenvalue weighted by Crippen LogP contribution is -2.34. The zero-order valence-corrected chi connectivity index (χ0v) is 15.6. The summed E-state index contributed by atoms with van der Waals surface area (Å²) in [6, 6.07) is 4.55. The van der Waals surface area contributed by atoms with Gasteiger partial charge in [0.2, 0.25) is 0 Å². The molecule has 0 amide bonds. The summed E-state index contributed by atoms with van der Waals surface area (Å²) in [4.78, 5) is 29.6. The highest BCUT2D eigenvalue weighted by molar-refractivity contribution is 7.09. The molecule has 2 aromatic rings. The smallest absolute Gasteiger partial charge is 0.338 e. The Morgan fingerprint density at radius 1 is 1.50 bits per heavy atom. The van der Waals surface area contributed by atoms with Gasteiger partial charge >= 0.3 is 5.97 Å². The van der Waals surface area contributed by atoms with Crippen LogP contribution in [0.3, 0.4) is 0 Å². The van der Waals surface area contributed by atoms with Crippen LogP contribution >= 0.6 is 11.3 Å². The Labute approximate surface area is 155 Å². The van der Waals surface area contributed by atoms with Crippen LogP contribution in [0.2, 0.25) is 0 Å². The second-order valence-electron chi connectivity index (χ2n) is 6.59. The van der Waals surface area contributed by atoms with Crippen molar-refractivity contribution in [3.05, 3.63) is 50.0 Å². The highest BCUT2D eigenvalue weighted by Crippen LogP contribution is 2.32. The van der Waals surface area contributed by atoms with E-state index < -0.39 is 10.9 Å². The molecule has 1 aliphatic heterocycles. The second kappa shape index (κ2) is 7.82. The maximum Gasteiger partial charge on any atom is 0.338 e. The van der Waals surface area contributed by atoms with Crippen LogP contribution in [0.1, 0.15) is 40.8 Å². The molecular formula is C18H21N3O4S. The van der Waals surface area contributed by atoms with E-state index in [1.165, 1.54) is 17.4 Å². The number of carbonyl (C=O) groups is 1. The third kappa shape index (κ3) is 4.19. The summed E-state index contributed by atoms with van der Waals surface area (Å²) in [7, 11) is 0. The molecule has 0 saturated carbocycles. The molecule has 0 bridgehead atoms. The van der Waals surface area contributed by atoms with Gasteiger partial charge in [0.05, 0.1) is 21.2 Å². The Morgan fingerprint density at radius 3 is 2.96 bits per heavy atom. The van der Waals surface area contributed by atoms with Crippen molar-refractivity contribution in [1.82, 2.24) is 4.98 Å². The maximum absolute atomic E-state index is 12.3. The van der Waals surface area contributed by atoms with Crippen LogP contribution in [0.4, 0.5) is 11.4 Å². The van der Waals surface area contributed by atoms with Crippen molar-refractivity contribution < 1.29 is 14.5 Å². The SMILES string of the molecule is Cc1nc(COC(=O)c2ccc(N3CCC[C@@H](C)C3)c([N+](=O)[O-])c2)cs1. The summed E-state index contributed by atoms with van der Waals surface area (Å²) in [6.45, 7) is 5.65. The lowest BCUT2D eigenvalue weighted by molar-refractivity contribution is -0.384. The number of hydrogen-bond acceptors (Lipinski definition) is 7. The summed E-state index contributed by atoms with van der Waals surface area (Å²) in [5.41, 5.74) is 1.36. The maximum atomic E-state index is 12.3. The van der Waals surface area contributed by atoms with Crippen LogP contribution in [0.25, 0.3) is 0 Å². The van der Waals surface area contributed by atoms with Crippen LogP contribution in [0, 0.1) is 23.0 Å². The molecule has 0 aliphatic carbocycles. The molecule has 3 rings (SSSR count). The van der Waals surface area contributed by atoms with E-state index in [0.717, 1.165) is 30.9 Å². The number of nitro groups is 1. The molecule has 1 saturated heterocycles. The number of aryl methyl sites for hydroxylation is 1. The normalized spacial score (nSPS) is 17.2. The average molecular weight is 375 g/mol. The summed E-state index contributed by atoms with van der Waals surface area (Å²) in [5.74, 6) is -0.0909. The number of benzene rings is 1. The van der Waals surface area contributed by atoms with Gasteiger partial charge in [0.15, 0.2) is 0 Å². The highest BCUT2D eigenvalue weighted by Gasteiger charge is 2.25. The van der Waals surface area contributed by atoms with Gasteiger partial charge in [-0.15, -0.1) is 11.3 Å². The van der Waals surface area contributed by atoms with Crippen molar-refractivity contribution in [2.24, 2.45) is 5.92 Å². The van der Waals surface area contributed by atoms with Gasteiger partial charge in [0.25, 0.3) is 5.69 Å². The first-order valence-electron chi connectivity index (χ1n) is 8.55. The molecule has 0 unspecified atom stereocenters. The van der Waals surface area contributed by atoms with Gasteiger partial charge in [-0.25, -0.2) is 9.78 Å². The molecule has 1 aliphatic rings. The number of aromatic nitrogens is 1. The lowest BCUT2D eigenvalue weighted by Gasteiger charge is -2.32. The molecule has 138 valence electrons. The van der Waals surface area contributed by atoms with Crippen molar-refractivity contribution in [3.63, 3.8) is 0 Å². The minimum Gasteiger partial charge on any atom is -0.456 e. The van der Waals surface area contributed by atoms with E-state index in [2.05, 4.69) is 11.9 Å². The number of hydrogen-bond donors (Lipinski definition) is 0. The molecule has 2 heterocycles. The van der Waals surface area contributed by atoms with E-state index in [1.807, 2.05) is 17.2 Å². The largest absolute Gasteiger partial charge is 0.456 e. The van der Waals surface area contributed by atoms with E-state index in [4.69, 9.17) is 4.74 Å². The van der Waals surface area contributed by atoms with Crippen LogP contribution < -0.4 is 4.90 Å². The van der Waals surface area contributed by atoms with Gasteiger partial charge in [-0.05, 0) is 37.8 Å². The molecule has 1 aromatic carbocycles. The highest BCUT2D eigenvalue weighted by atomic mass is 32.1. The number of thiazole rings is 1. The molecular weight excluding hydrogens is 354 g/mol. The van der Waals surface area contributed by atoms with Gasteiger partial charge in [-0.2, -0.15) is 0 Å². The fourth-order valence-corrected chi connectivity index (χ4v) is 3.77. The second-order valence-corrected chi connectivity index (χ2v) is 7.65. The van der Waals surface area contributed by atoms with Crippen molar-refractivity contribution in [1.29, 1.82) is 0 Å². The zero-order valence-electron chi connectivity index (χ0n) is 14.8. The number of esters is 1. The Bertz CT molecular complexity index is 821. The predicted octanol–water partition coefficient (Wildman–Crippen LogP) is 3.95. The summed E-state index contributed by atoms with van der Waals surface area (Å²) < 4.78 is 5.23. The first-order chi connectivity index (χ1) is 12.4. The topological polar surface area (TPSA) is 85.6 Å². The third-order valence-electron chi connectivity index (χ3n) is 4.42. The van der Waals surface area contributed by atoms with E-state index in [1.54, 1.807) is 12.1 Å². The third-order valence-corrected chi connectivity index (χ3v) is 5.25. The molecule has 0 radical (unpaired) electrons. The molecule has 0 spiro atoms. The van der Waals surface area contributed by atoms with Crippen LogP contribution in [0.15, 0.2) is 23.6 Å². The van der Waals surface area contributed by atoms with Crippen molar-refractivity contribution in [3.8, 4) is 0 Å². The first-order valence-corrected chi connectivity index (χ1v) is 9.43. The Morgan fingerprint density at radius 2 is 2.31 bits per heavy atom. The molecule has 1 aromatic heterocycles. The Balaban J connectivity index is 1.77. The van der Waals surface area contributed by atoms with Gasteiger partial charge in [-0.3, -0.25) is 10.1 Å². The average Bonchev–Trinajstić information content (AvgIpc) is 3.04.